The van der Waals surface area contributed by atoms with Crippen LogP contribution >= 0.6 is 11.6 Å². The maximum Gasteiger partial charge on any atom is 0.234 e. The van der Waals surface area contributed by atoms with E-state index < -0.39 is 0 Å². The maximum atomic E-state index is 12.1. The van der Waals surface area contributed by atoms with Crippen molar-refractivity contribution in [1.29, 1.82) is 0 Å². The molecule has 0 aliphatic carbocycles. The number of nitrogens with one attached hydrogen (secondary N) is 1. The smallest absolute Gasteiger partial charge is 0.234 e. The number of aryl methyl sites for hydroxylation is 1. The number of carbonyl (C=O) groups excluding carboxylic acids is 1. The van der Waals surface area contributed by atoms with Crippen LogP contribution in [-0.4, -0.2) is 53.6 Å². The van der Waals surface area contributed by atoms with Crippen molar-refractivity contribution in [2.75, 3.05) is 32.7 Å². The summed E-state index contributed by atoms with van der Waals surface area (Å²) in [6.45, 7) is 7.23. The molecule has 2 heterocycles. The van der Waals surface area contributed by atoms with Crippen molar-refractivity contribution >= 4 is 17.5 Å². The number of carbonyl (C=O) groups is 1. The number of amides is 1. The van der Waals surface area contributed by atoms with Gasteiger partial charge >= 0.3 is 0 Å². The highest BCUT2D eigenvalue weighted by Gasteiger charge is 2.19. The maximum absolute atomic E-state index is 12.1. The Morgan fingerprint density at radius 1 is 1.24 bits per heavy atom. The first kappa shape index (κ1) is 17.9. The SMILES string of the molecule is Cc1cc(CN2CCN(CC(=O)NCc3cccc(Cl)c3)CC2)no1. The number of piperazine rings is 1. The quantitative estimate of drug-likeness (QED) is 0.852. The zero-order valence-corrected chi connectivity index (χ0v) is 15.1. The molecule has 1 saturated heterocycles. The molecule has 134 valence electrons. The summed E-state index contributed by atoms with van der Waals surface area (Å²) in [5.41, 5.74) is 1.97. The van der Waals surface area contributed by atoms with E-state index in [1.807, 2.05) is 37.3 Å². The molecule has 1 N–H and O–H groups in total. The van der Waals surface area contributed by atoms with Gasteiger partial charge in [-0.05, 0) is 24.6 Å². The van der Waals surface area contributed by atoms with E-state index in [9.17, 15) is 4.79 Å². The lowest BCUT2D eigenvalue weighted by molar-refractivity contribution is -0.122. The van der Waals surface area contributed by atoms with Gasteiger partial charge < -0.3 is 9.84 Å². The summed E-state index contributed by atoms with van der Waals surface area (Å²) < 4.78 is 5.10. The molecule has 1 aromatic heterocycles. The highest BCUT2D eigenvalue weighted by Crippen LogP contribution is 2.11. The number of hydrogen-bond acceptors (Lipinski definition) is 5. The van der Waals surface area contributed by atoms with Crippen molar-refractivity contribution in [1.82, 2.24) is 20.3 Å². The molecule has 7 heteroatoms. The lowest BCUT2D eigenvalue weighted by Crippen LogP contribution is -2.49. The number of halogens is 1. The second kappa shape index (κ2) is 8.47. The van der Waals surface area contributed by atoms with Gasteiger partial charge in [-0.15, -0.1) is 0 Å². The van der Waals surface area contributed by atoms with Crippen LogP contribution in [0, 0.1) is 6.92 Å². The Balaban J connectivity index is 1.37. The Kier molecular flexibility index (Phi) is 6.07. The first-order valence-electron chi connectivity index (χ1n) is 8.46. The molecular weight excluding hydrogens is 340 g/mol. The van der Waals surface area contributed by atoms with Crippen LogP contribution in [0.1, 0.15) is 17.0 Å². The minimum Gasteiger partial charge on any atom is -0.361 e. The average molecular weight is 363 g/mol. The van der Waals surface area contributed by atoms with E-state index in [4.69, 9.17) is 16.1 Å². The Morgan fingerprint density at radius 3 is 2.68 bits per heavy atom. The second-order valence-electron chi connectivity index (χ2n) is 6.39. The van der Waals surface area contributed by atoms with Gasteiger partial charge in [-0.3, -0.25) is 14.6 Å². The summed E-state index contributed by atoms with van der Waals surface area (Å²) in [5, 5.41) is 7.67. The van der Waals surface area contributed by atoms with Gasteiger partial charge in [0.25, 0.3) is 0 Å². The third-order valence-electron chi connectivity index (χ3n) is 4.27. The van der Waals surface area contributed by atoms with Crippen molar-refractivity contribution in [2.24, 2.45) is 0 Å². The normalized spacial score (nSPS) is 16.1. The summed E-state index contributed by atoms with van der Waals surface area (Å²) in [5.74, 6) is 0.880. The average Bonchev–Trinajstić information content (AvgIpc) is 3.00. The molecule has 1 aliphatic rings. The van der Waals surface area contributed by atoms with Gasteiger partial charge in [0, 0.05) is 50.4 Å². The Bertz CT molecular complexity index is 711. The Hall–Kier alpha value is -1.89. The van der Waals surface area contributed by atoms with E-state index in [-0.39, 0.29) is 5.91 Å². The predicted octanol–water partition coefficient (Wildman–Crippen LogP) is 2.07. The highest BCUT2D eigenvalue weighted by atomic mass is 35.5. The third-order valence-corrected chi connectivity index (χ3v) is 4.51. The number of rotatable bonds is 6. The summed E-state index contributed by atoms with van der Waals surface area (Å²) >= 11 is 5.95. The largest absolute Gasteiger partial charge is 0.361 e. The molecule has 25 heavy (non-hydrogen) atoms. The number of hydrogen-bond donors (Lipinski definition) is 1. The van der Waals surface area contributed by atoms with Crippen LogP contribution in [0.15, 0.2) is 34.9 Å². The van der Waals surface area contributed by atoms with Crippen LogP contribution < -0.4 is 5.32 Å². The number of aromatic nitrogens is 1. The van der Waals surface area contributed by atoms with Gasteiger partial charge in [0.15, 0.2) is 0 Å². The fourth-order valence-electron chi connectivity index (χ4n) is 2.93. The first-order valence-corrected chi connectivity index (χ1v) is 8.84. The molecule has 3 rings (SSSR count). The summed E-state index contributed by atoms with van der Waals surface area (Å²) in [7, 11) is 0. The van der Waals surface area contributed by atoms with Crippen LogP contribution in [0.3, 0.4) is 0 Å². The van der Waals surface area contributed by atoms with Crippen LogP contribution in [0.5, 0.6) is 0 Å². The topological polar surface area (TPSA) is 61.6 Å². The molecule has 1 amide bonds. The molecule has 1 aromatic carbocycles. The number of nitrogens with zero attached hydrogens (tertiary/aromatic N) is 3. The van der Waals surface area contributed by atoms with Crippen molar-refractivity contribution in [3.05, 3.63) is 52.4 Å². The lowest BCUT2D eigenvalue weighted by Gasteiger charge is -2.33. The number of benzene rings is 1. The molecule has 0 atom stereocenters. The lowest BCUT2D eigenvalue weighted by atomic mass is 10.2. The van der Waals surface area contributed by atoms with Crippen molar-refractivity contribution in [2.45, 2.75) is 20.0 Å². The molecule has 2 aromatic rings. The summed E-state index contributed by atoms with van der Waals surface area (Å²) in [6.07, 6.45) is 0. The van der Waals surface area contributed by atoms with E-state index in [0.29, 0.717) is 18.1 Å². The van der Waals surface area contributed by atoms with Crippen molar-refractivity contribution in [3.63, 3.8) is 0 Å². The molecule has 0 saturated carbocycles. The summed E-state index contributed by atoms with van der Waals surface area (Å²) in [4.78, 5) is 16.6. The fraction of sp³-hybridized carbons (Fsp3) is 0.444. The molecule has 0 spiro atoms. The van der Waals surface area contributed by atoms with Crippen LogP contribution in [0.25, 0.3) is 0 Å². The van der Waals surface area contributed by atoms with Crippen LogP contribution in [0.2, 0.25) is 5.02 Å². The van der Waals surface area contributed by atoms with Gasteiger partial charge in [-0.1, -0.05) is 28.9 Å². The second-order valence-corrected chi connectivity index (χ2v) is 6.82. The van der Waals surface area contributed by atoms with Gasteiger partial charge in [0.05, 0.1) is 12.2 Å². The fourth-order valence-corrected chi connectivity index (χ4v) is 3.15. The van der Waals surface area contributed by atoms with E-state index >= 15 is 0 Å². The third kappa shape index (κ3) is 5.56. The van der Waals surface area contributed by atoms with Gasteiger partial charge in [-0.25, -0.2) is 0 Å². The standard InChI is InChI=1S/C18H23ClN4O2/c1-14-9-17(21-25-14)12-22-5-7-23(8-6-22)13-18(24)20-11-15-3-2-4-16(19)10-15/h2-4,9-10H,5-8,11-13H2,1H3,(H,20,24). The molecule has 0 bridgehead atoms. The Morgan fingerprint density at radius 2 is 2.00 bits per heavy atom. The Labute approximate surface area is 152 Å². The van der Waals surface area contributed by atoms with E-state index in [2.05, 4.69) is 20.3 Å². The van der Waals surface area contributed by atoms with Crippen LogP contribution in [-0.2, 0) is 17.9 Å². The zero-order chi connectivity index (χ0) is 17.6. The zero-order valence-electron chi connectivity index (χ0n) is 14.4. The van der Waals surface area contributed by atoms with Crippen molar-refractivity contribution < 1.29 is 9.32 Å². The molecular formula is C18H23ClN4O2. The minimum atomic E-state index is 0.0422. The minimum absolute atomic E-state index is 0.0422. The monoisotopic (exact) mass is 362 g/mol. The highest BCUT2D eigenvalue weighted by molar-refractivity contribution is 6.30. The molecule has 0 radical (unpaired) electrons. The van der Waals surface area contributed by atoms with Crippen LogP contribution in [0.4, 0.5) is 0 Å². The molecule has 1 fully saturated rings. The molecule has 0 unspecified atom stereocenters. The van der Waals surface area contributed by atoms with Gasteiger partial charge in [0.2, 0.25) is 5.91 Å². The van der Waals surface area contributed by atoms with Crippen molar-refractivity contribution in [3.8, 4) is 0 Å². The first-order chi connectivity index (χ1) is 12.1. The molecule has 1 aliphatic heterocycles. The molecule has 6 nitrogen and oxygen atoms in total. The van der Waals surface area contributed by atoms with Gasteiger partial charge in [0.1, 0.15) is 5.76 Å². The summed E-state index contributed by atoms with van der Waals surface area (Å²) in [6, 6.07) is 9.50. The van der Waals surface area contributed by atoms with E-state index in [1.54, 1.807) is 0 Å². The van der Waals surface area contributed by atoms with Gasteiger partial charge in [-0.2, -0.15) is 0 Å². The van der Waals surface area contributed by atoms with E-state index in [0.717, 1.165) is 49.7 Å². The predicted molar refractivity (Wildman–Crippen MR) is 96.3 cm³/mol. The van der Waals surface area contributed by atoms with E-state index in [1.165, 1.54) is 0 Å².